The monoisotopic (exact) mass is 297 g/mol. The molecule has 2 fully saturated rings. The van der Waals surface area contributed by atoms with Gasteiger partial charge in [0.25, 0.3) is 0 Å². The number of hydrogen-bond acceptors (Lipinski definition) is 4. The molecule has 2 saturated heterocycles. The second-order valence-corrected chi connectivity index (χ2v) is 6.76. The van der Waals surface area contributed by atoms with Crippen LogP contribution in [-0.4, -0.2) is 74.7 Å². The SMILES string of the molecule is CC(C)CNCC1CCN(CC(=O)N2CCOCC2)CC1. The van der Waals surface area contributed by atoms with Crippen LogP contribution in [0.25, 0.3) is 0 Å². The number of amides is 1. The molecule has 0 aliphatic carbocycles. The molecule has 2 aliphatic rings. The van der Waals surface area contributed by atoms with Crippen molar-refractivity contribution in [2.45, 2.75) is 26.7 Å². The van der Waals surface area contributed by atoms with Gasteiger partial charge in [-0.15, -0.1) is 0 Å². The first-order valence-electron chi connectivity index (χ1n) is 8.43. The number of piperidine rings is 1. The van der Waals surface area contributed by atoms with Gasteiger partial charge in [-0.05, 0) is 50.9 Å². The minimum atomic E-state index is 0.273. The lowest BCUT2D eigenvalue weighted by Gasteiger charge is -2.34. The van der Waals surface area contributed by atoms with Crippen LogP contribution < -0.4 is 5.32 Å². The summed E-state index contributed by atoms with van der Waals surface area (Å²) in [5, 5.41) is 3.55. The molecule has 0 spiro atoms. The number of ether oxygens (including phenoxy) is 1. The zero-order valence-corrected chi connectivity index (χ0v) is 13.6. The van der Waals surface area contributed by atoms with Gasteiger partial charge >= 0.3 is 0 Å². The van der Waals surface area contributed by atoms with Crippen LogP contribution in [-0.2, 0) is 9.53 Å². The highest BCUT2D eigenvalue weighted by molar-refractivity contribution is 5.78. The zero-order chi connectivity index (χ0) is 15.1. The van der Waals surface area contributed by atoms with E-state index in [1.165, 1.54) is 12.8 Å². The second kappa shape index (κ2) is 8.71. The zero-order valence-electron chi connectivity index (χ0n) is 13.6. The highest BCUT2D eigenvalue weighted by Crippen LogP contribution is 2.16. The third-order valence-corrected chi connectivity index (χ3v) is 4.42. The average molecular weight is 297 g/mol. The number of likely N-dealkylation sites (tertiary alicyclic amines) is 1. The molecule has 5 nitrogen and oxygen atoms in total. The molecule has 2 heterocycles. The average Bonchev–Trinajstić information content (AvgIpc) is 2.49. The summed E-state index contributed by atoms with van der Waals surface area (Å²) in [6.45, 7) is 12.3. The van der Waals surface area contributed by atoms with Gasteiger partial charge in [0, 0.05) is 13.1 Å². The van der Waals surface area contributed by atoms with Crippen LogP contribution in [0.15, 0.2) is 0 Å². The number of nitrogens with one attached hydrogen (secondary N) is 1. The summed E-state index contributed by atoms with van der Waals surface area (Å²) >= 11 is 0. The Morgan fingerprint density at radius 1 is 1.19 bits per heavy atom. The third kappa shape index (κ3) is 5.93. The van der Waals surface area contributed by atoms with E-state index < -0.39 is 0 Å². The van der Waals surface area contributed by atoms with E-state index in [1.54, 1.807) is 0 Å². The molecule has 122 valence electrons. The van der Waals surface area contributed by atoms with Crippen molar-refractivity contribution in [1.82, 2.24) is 15.1 Å². The van der Waals surface area contributed by atoms with Crippen molar-refractivity contribution < 1.29 is 9.53 Å². The smallest absolute Gasteiger partial charge is 0.236 e. The number of hydrogen-bond donors (Lipinski definition) is 1. The summed E-state index contributed by atoms with van der Waals surface area (Å²) in [6, 6.07) is 0. The Morgan fingerprint density at radius 3 is 2.48 bits per heavy atom. The van der Waals surface area contributed by atoms with E-state index >= 15 is 0 Å². The summed E-state index contributed by atoms with van der Waals surface area (Å²) in [5.41, 5.74) is 0. The second-order valence-electron chi connectivity index (χ2n) is 6.76. The standard InChI is InChI=1S/C16H31N3O2/c1-14(2)11-17-12-15-3-5-18(6-4-15)13-16(20)19-7-9-21-10-8-19/h14-15,17H,3-13H2,1-2H3. The normalized spacial score (nSPS) is 22.0. The first kappa shape index (κ1) is 16.7. The van der Waals surface area contributed by atoms with Crippen LogP contribution in [0.2, 0.25) is 0 Å². The molecule has 0 bridgehead atoms. The summed E-state index contributed by atoms with van der Waals surface area (Å²) in [4.78, 5) is 16.5. The molecule has 2 rings (SSSR count). The number of nitrogens with zero attached hydrogens (tertiary/aromatic N) is 2. The Hall–Kier alpha value is -0.650. The van der Waals surface area contributed by atoms with Gasteiger partial charge in [0.2, 0.25) is 5.91 Å². The summed E-state index contributed by atoms with van der Waals surface area (Å²) in [6.07, 6.45) is 2.42. The van der Waals surface area contributed by atoms with Crippen LogP contribution in [0, 0.1) is 11.8 Å². The van der Waals surface area contributed by atoms with Gasteiger partial charge < -0.3 is 15.0 Å². The van der Waals surface area contributed by atoms with E-state index in [-0.39, 0.29) is 5.91 Å². The van der Waals surface area contributed by atoms with Gasteiger partial charge in [0.05, 0.1) is 19.8 Å². The Kier molecular flexibility index (Phi) is 6.93. The van der Waals surface area contributed by atoms with E-state index in [4.69, 9.17) is 4.74 Å². The molecular formula is C16H31N3O2. The number of carbonyl (C=O) groups excluding carboxylic acids is 1. The highest BCUT2D eigenvalue weighted by Gasteiger charge is 2.23. The highest BCUT2D eigenvalue weighted by atomic mass is 16.5. The predicted molar refractivity (Wildman–Crippen MR) is 84.3 cm³/mol. The predicted octanol–water partition coefficient (Wildman–Crippen LogP) is 0.803. The quantitative estimate of drug-likeness (QED) is 0.788. The first-order chi connectivity index (χ1) is 10.1. The van der Waals surface area contributed by atoms with Gasteiger partial charge in [-0.25, -0.2) is 0 Å². The van der Waals surface area contributed by atoms with Crippen molar-refractivity contribution in [2.75, 3.05) is 59.0 Å². The van der Waals surface area contributed by atoms with Crippen LogP contribution in [0.3, 0.4) is 0 Å². The summed E-state index contributed by atoms with van der Waals surface area (Å²) < 4.78 is 5.29. The van der Waals surface area contributed by atoms with Crippen molar-refractivity contribution >= 4 is 5.91 Å². The molecule has 0 unspecified atom stereocenters. The lowest BCUT2D eigenvalue weighted by molar-refractivity contribution is -0.136. The molecule has 0 saturated carbocycles. The van der Waals surface area contributed by atoms with Gasteiger partial charge in [-0.1, -0.05) is 13.8 Å². The molecule has 1 N–H and O–H groups in total. The van der Waals surface area contributed by atoms with Crippen molar-refractivity contribution in [3.63, 3.8) is 0 Å². The van der Waals surface area contributed by atoms with Gasteiger partial charge in [-0.2, -0.15) is 0 Å². The lowest BCUT2D eigenvalue weighted by atomic mass is 9.96. The molecule has 0 atom stereocenters. The van der Waals surface area contributed by atoms with E-state index in [2.05, 4.69) is 24.1 Å². The number of morpholine rings is 1. The Morgan fingerprint density at radius 2 is 1.86 bits per heavy atom. The van der Waals surface area contributed by atoms with Crippen LogP contribution in [0.5, 0.6) is 0 Å². The molecule has 5 heteroatoms. The largest absolute Gasteiger partial charge is 0.378 e. The van der Waals surface area contributed by atoms with Gasteiger partial charge in [-0.3, -0.25) is 9.69 Å². The van der Waals surface area contributed by atoms with Crippen LogP contribution in [0.1, 0.15) is 26.7 Å². The minimum absolute atomic E-state index is 0.273. The van der Waals surface area contributed by atoms with Crippen molar-refractivity contribution in [3.05, 3.63) is 0 Å². The van der Waals surface area contributed by atoms with Gasteiger partial charge in [0.1, 0.15) is 0 Å². The van der Waals surface area contributed by atoms with Gasteiger partial charge in [0.15, 0.2) is 0 Å². The lowest BCUT2D eigenvalue weighted by Crippen LogP contribution is -2.47. The number of rotatable bonds is 6. The van der Waals surface area contributed by atoms with Crippen LogP contribution >= 0.6 is 0 Å². The fraction of sp³-hybridized carbons (Fsp3) is 0.938. The Labute approximate surface area is 129 Å². The fourth-order valence-electron chi connectivity index (χ4n) is 3.03. The minimum Gasteiger partial charge on any atom is -0.378 e. The number of carbonyl (C=O) groups is 1. The third-order valence-electron chi connectivity index (χ3n) is 4.42. The van der Waals surface area contributed by atoms with Crippen molar-refractivity contribution in [3.8, 4) is 0 Å². The molecule has 0 aromatic carbocycles. The molecule has 0 aromatic heterocycles. The van der Waals surface area contributed by atoms with E-state index in [0.717, 1.165) is 51.1 Å². The fourth-order valence-corrected chi connectivity index (χ4v) is 3.03. The maximum atomic E-state index is 12.2. The molecule has 21 heavy (non-hydrogen) atoms. The molecule has 2 aliphatic heterocycles. The maximum absolute atomic E-state index is 12.2. The van der Waals surface area contributed by atoms with E-state index in [1.807, 2.05) is 4.90 Å². The van der Waals surface area contributed by atoms with Crippen LogP contribution in [0.4, 0.5) is 0 Å². The van der Waals surface area contributed by atoms with Crippen molar-refractivity contribution in [2.24, 2.45) is 11.8 Å². The molecule has 0 aromatic rings. The summed E-state index contributed by atoms with van der Waals surface area (Å²) in [5.74, 6) is 1.77. The van der Waals surface area contributed by atoms with E-state index in [9.17, 15) is 4.79 Å². The summed E-state index contributed by atoms with van der Waals surface area (Å²) in [7, 11) is 0. The van der Waals surface area contributed by atoms with E-state index in [0.29, 0.717) is 19.8 Å². The molecule has 1 amide bonds. The Bertz CT molecular complexity index is 309. The Balaban J connectivity index is 1.61. The molecule has 0 radical (unpaired) electrons. The maximum Gasteiger partial charge on any atom is 0.236 e. The van der Waals surface area contributed by atoms with Crippen molar-refractivity contribution in [1.29, 1.82) is 0 Å². The first-order valence-corrected chi connectivity index (χ1v) is 8.43. The topological polar surface area (TPSA) is 44.8 Å². The molecular weight excluding hydrogens is 266 g/mol.